The van der Waals surface area contributed by atoms with E-state index in [0.29, 0.717) is 13.2 Å². The van der Waals surface area contributed by atoms with Crippen molar-refractivity contribution in [1.29, 1.82) is 0 Å². The average molecular weight is 227 g/mol. The third kappa shape index (κ3) is 3.67. The lowest BCUT2D eigenvalue weighted by atomic mass is 10.1. The number of carboxylic acid groups (broad SMARTS) is 1. The predicted octanol–water partition coefficient (Wildman–Crippen LogP) is 1.37. The summed E-state index contributed by atoms with van der Waals surface area (Å²) in [6.45, 7) is 3.03. The first-order valence-electron chi connectivity index (χ1n) is 5.12. The Labute approximate surface area is 94.6 Å². The summed E-state index contributed by atoms with van der Waals surface area (Å²) < 4.78 is 9.95. The van der Waals surface area contributed by atoms with E-state index in [1.54, 1.807) is 19.6 Å². The molecule has 5 heteroatoms. The number of hydrogen-bond acceptors (Lipinski definition) is 4. The van der Waals surface area contributed by atoms with Crippen LogP contribution < -0.4 is 0 Å². The average Bonchev–Trinajstić information content (AvgIpc) is 2.76. The SMILES string of the molecule is COCCN(CC(=O)O)C(C)c1ccoc1. The minimum absolute atomic E-state index is 0.00426. The molecule has 0 saturated carbocycles. The molecule has 0 aliphatic rings. The number of hydrogen-bond donors (Lipinski definition) is 1. The summed E-state index contributed by atoms with van der Waals surface area (Å²) >= 11 is 0. The lowest BCUT2D eigenvalue weighted by molar-refractivity contribution is -0.139. The Balaban J connectivity index is 2.63. The van der Waals surface area contributed by atoms with Gasteiger partial charge in [0.2, 0.25) is 0 Å². The summed E-state index contributed by atoms with van der Waals surface area (Å²) in [6, 6.07) is 1.84. The van der Waals surface area contributed by atoms with Crippen molar-refractivity contribution < 1.29 is 19.1 Å². The quantitative estimate of drug-likeness (QED) is 0.762. The molecule has 0 radical (unpaired) electrons. The van der Waals surface area contributed by atoms with Crippen molar-refractivity contribution in [3.05, 3.63) is 24.2 Å². The van der Waals surface area contributed by atoms with Gasteiger partial charge >= 0.3 is 5.97 Å². The Bertz CT molecular complexity index is 310. The van der Waals surface area contributed by atoms with E-state index in [1.165, 1.54) is 0 Å². The Hall–Kier alpha value is -1.33. The van der Waals surface area contributed by atoms with E-state index in [9.17, 15) is 4.79 Å². The van der Waals surface area contributed by atoms with Gasteiger partial charge in [0.15, 0.2) is 0 Å². The van der Waals surface area contributed by atoms with Gasteiger partial charge in [-0.2, -0.15) is 0 Å². The standard InChI is InChI=1S/C11H17NO4/c1-9(10-3-5-16-8-10)12(4-6-15-2)7-11(13)14/h3,5,8-9H,4,6-7H2,1-2H3,(H,13,14). The molecular weight excluding hydrogens is 210 g/mol. The topological polar surface area (TPSA) is 62.9 Å². The molecule has 1 rings (SSSR count). The second-order valence-corrected chi connectivity index (χ2v) is 3.59. The van der Waals surface area contributed by atoms with E-state index in [4.69, 9.17) is 14.3 Å². The first kappa shape index (κ1) is 12.7. The summed E-state index contributed by atoms with van der Waals surface area (Å²) in [6.07, 6.45) is 3.22. The van der Waals surface area contributed by atoms with Crippen LogP contribution in [0.25, 0.3) is 0 Å². The highest BCUT2D eigenvalue weighted by Crippen LogP contribution is 2.19. The summed E-state index contributed by atoms with van der Waals surface area (Å²) in [5.41, 5.74) is 0.970. The van der Waals surface area contributed by atoms with Crippen LogP contribution in [0.1, 0.15) is 18.5 Å². The van der Waals surface area contributed by atoms with Gasteiger partial charge in [0.05, 0.1) is 25.7 Å². The fourth-order valence-corrected chi connectivity index (χ4v) is 1.52. The Morgan fingerprint density at radius 2 is 2.44 bits per heavy atom. The Morgan fingerprint density at radius 3 is 2.94 bits per heavy atom. The number of carbonyl (C=O) groups is 1. The van der Waals surface area contributed by atoms with E-state index in [2.05, 4.69) is 0 Å². The van der Waals surface area contributed by atoms with E-state index in [0.717, 1.165) is 5.56 Å². The van der Waals surface area contributed by atoms with Crippen LogP contribution >= 0.6 is 0 Å². The smallest absolute Gasteiger partial charge is 0.317 e. The fourth-order valence-electron chi connectivity index (χ4n) is 1.52. The lowest BCUT2D eigenvalue weighted by Crippen LogP contribution is -2.34. The molecule has 0 bridgehead atoms. The molecule has 90 valence electrons. The highest BCUT2D eigenvalue weighted by molar-refractivity contribution is 5.69. The largest absolute Gasteiger partial charge is 0.480 e. The first-order valence-corrected chi connectivity index (χ1v) is 5.12. The molecule has 0 aromatic carbocycles. The zero-order valence-corrected chi connectivity index (χ0v) is 9.55. The first-order chi connectivity index (χ1) is 7.65. The highest BCUT2D eigenvalue weighted by Gasteiger charge is 2.18. The number of methoxy groups -OCH3 is 1. The fraction of sp³-hybridized carbons (Fsp3) is 0.545. The van der Waals surface area contributed by atoms with Crippen LogP contribution in [0.2, 0.25) is 0 Å². The Morgan fingerprint density at radius 1 is 1.69 bits per heavy atom. The molecule has 0 amide bonds. The molecule has 1 N–H and O–H groups in total. The van der Waals surface area contributed by atoms with Crippen LogP contribution in [0.4, 0.5) is 0 Å². The van der Waals surface area contributed by atoms with Crippen molar-refractivity contribution in [1.82, 2.24) is 4.90 Å². The third-order valence-electron chi connectivity index (χ3n) is 2.49. The molecule has 1 atom stereocenters. The van der Waals surface area contributed by atoms with Crippen LogP contribution in [0.5, 0.6) is 0 Å². The van der Waals surface area contributed by atoms with Gasteiger partial charge in [0.1, 0.15) is 0 Å². The predicted molar refractivity (Wildman–Crippen MR) is 58.2 cm³/mol. The van der Waals surface area contributed by atoms with E-state index in [-0.39, 0.29) is 12.6 Å². The van der Waals surface area contributed by atoms with Crippen molar-refractivity contribution in [2.24, 2.45) is 0 Å². The normalized spacial score (nSPS) is 12.9. The molecule has 0 saturated heterocycles. The molecule has 16 heavy (non-hydrogen) atoms. The second kappa shape index (κ2) is 6.30. The molecule has 0 spiro atoms. The number of carboxylic acids is 1. The van der Waals surface area contributed by atoms with E-state index >= 15 is 0 Å². The van der Waals surface area contributed by atoms with Crippen molar-refractivity contribution in [3.63, 3.8) is 0 Å². The van der Waals surface area contributed by atoms with Gasteiger partial charge in [-0.1, -0.05) is 0 Å². The molecule has 1 aromatic heterocycles. The van der Waals surface area contributed by atoms with E-state index < -0.39 is 5.97 Å². The van der Waals surface area contributed by atoms with Gasteiger partial charge in [0.25, 0.3) is 0 Å². The molecule has 1 aromatic rings. The molecule has 0 aliphatic heterocycles. The van der Waals surface area contributed by atoms with Crippen LogP contribution in [-0.4, -0.2) is 42.8 Å². The molecule has 0 aliphatic carbocycles. The van der Waals surface area contributed by atoms with Gasteiger partial charge in [0, 0.05) is 25.3 Å². The number of aliphatic carboxylic acids is 1. The maximum absolute atomic E-state index is 10.7. The monoisotopic (exact) mass is 227 g/mol. The lowest BCUT2D eigenvalue weighted by Gasteiger charge is -2.26. The molecular formula is C11H17NO4. The maximum Gasteiger partial charge on any atom is 0.317 e. The minimum atomic E-state index is -0.841. The summed E-state index contributed by atoms with van der Waals surface area (Å²) in [7, 11) is 1.60. The minimum Gasteiger partial charge on any atom is -0.480 e. The van der Waals surface area contributed by atoms with Gasteiger partial charge < -0.3 is 14.3 Å². The third-order valence-corrected chi connectivity index (χ3v) is 2.49. The number of ether oxygens (including phenoxy) is 1. The molecule has 0 fully saturated rings. The zero-order valence-electron chi connectivity index (χ0n) is 9.55. The van der Waals surface area contributed by atoms with Gasteiger partial charge in [-0.15, -0.1) is 0 Å². The summed E-state index contributed by atoms with van der Waals surface area (Å²) in [5.74, 6) is -0.841. The van der Waals surface area contributed by atoms with Crippen LogP contribution in [0, 0.1) is 0 Å². The summed E-state index contributed by atoms with van der Waals surface area (Å²) in [4.78, 5) is 12.6. The van der Waals surface area contributed by atoms with Crippen LogP contribution in [0.3, 0.4) is 0 Å². The zero-order chi connectivity index (χ0) is 12.0. The number of rotatable bonds is 7. The molecule has 5 nitrogen and oxygen atoms in total. The summed E-state index contributed by atoms with van der Waals surface area (Å²) in [5, 5.41) is 8.82. The Kier molecular flexibility index (Phi) is 5.01. The van der Waals surface area contributed by atoms with E-state index in [1.807, 2.05) is 17.9 Å². The number of nitrogens with zero attached hydrogens (tertiary/aromatic N) is 1. The molecule has 1 unspecified atom stereocenters. The van der Waals surface area contributed by atoms with Crippen molar-refractivity contribution in [2.75, 3.05) is 26.8 Å². The second-order valence-electron chi connectivity index (χ2n) is 3.59. The molecule has 1 heterocycles. The van der Waals surface area contributed by atoms with Gasteiger partial charge in [-0.3, -0.25) is 9.69 Å². The van der Waals surface area contributed by atoms with Gasteiger partial charge in [-0.05, 0) is 13.0 Å². The van der Waals surface area contributed by atoms with Crippen LogP contribution in [0.15, 0.2) is 23.0 Å². The highest BCUT2D eigenvalue weighted by atomic mass is 16.5. The van der Waals surface area contributed by atoms with Crippen LogP contribution in [-0.2, 0) is 9.53 Å². The van der Waals surface area contributed by atoms with Crippen molar-refractivity contribution >= 4 is 5.97 Å². The van der Waals surface area contributed by atoms with Gasteiger partial charge in [-0.25, -0.2) is 0 Å². The van der Waals surface area contributed by atoms with Crippen molar-refractivity contribution in [3.8, 4) is 0 Å². The van der Waals surface area contributed by atoms with Crippen molar-refractivity contribution in [2.45, 2.75) is 13.0 Å². The number of furan rings is 1. The maximum atomic E-state index is 10.7.